The first kappa shape index (κ1) is 7.93. The molecule has 0 aliphatic heterocycles. The van der Waals surface area contributed by atoms with E-state index in [1.165, 1.54) is 0 Å². The predicted molar refractivity (Wildman–Crippen MR) is 38.4 cm³/mol. The van der Waals surface area contributed by atoms with E-state index in [0.717, 1.165) is 0 Å². The average molecular weight is 142 g/mol. The van der Waals surface area contributed by atoms with Crippen LogP contribution in [0.4, 0.5) is 5.69 Å². The molecule has 1 rings (SSSR count). The summed E-state index contributed by atoms with van der Waals surface area (Å²) in [6.45, 7) is 0. The lowest BCUT2D eigenvalue weighted by atomic mass is 10.3. The summed E-state index contributed by atoms with van der Waals surface area (Å²) >= 11 is 0. The lowest BCUT2D eigenvalue weighted by molar-refractivity contribution is 1.46. The first-order valence-corrected chi connectivity index (χ1v) is 2.33. The van der Waals surface area contributed by atoms with Crippen molar-refractivity contribution in [1.29, 1.82) is 5.39 Å². The molecule has 0 aromatic heterocycles. The van der Waals surface area contributed by atoms with Crippen LogP contribution in [0.1, 0.15) is 0 Å². The van der Waals surface area contributed by atoms with Crippen LogP contribution < -0.4 is 0 Å². The van der Waals surface area contributed by atoms with Crippen LogP contribution in [0.5, 0.6) is 0 Å². The molecule has 0 radical (unpaired) electrons. The maximum atomic E-state index is 8.16. The van der Waals surface area contributed by atoms with Crippen molar-refractivity contribution in [3.05, 3.63) is 35.3 Å². The quantitative estimate of drug-likeness (QED) is 0.511. The second kappa shape index (κ2) is 3.88. The van der Waals surface area contributed by atoms with Gasteiger partial charge in [-0.25, -0.2) is 0 Å². The SMILES string of the molecule is Cl.N#[N+]c1ccccc1. The Labute approximate surface area is 59.5 Å². The molecule has 0 bridgehead atoms. The Morgan fingerprint density at radius 3 is 2.00 bits per heavy atom. The van der Waals surface area contributed by atoms with Crippen LogP contribution in [-0.4, -0.2) is 0 Å². The van der Waals surface area contributed by atoms with Gasteiger partial charge in [0.1, 0.15) is 0 Å². The van der Waals surface area contributed by atoms with Gasteiger partial charge >= 0.3 is 5.69 Å². The number of nitrogens with zero attached hydrogens (tertiary/aromatic N) is 2. The van der Waals surface area contributed by atoms with Crippen LogP contribution >= 0.6 is 12.4 Å². The molecular formula is C6H6ClN2+. The third kappa shape index (κ3) is 2.11. The van der Waals surface area contributed by atoms with Crippen LogP contribution in [-0.2, 0) is 0 Å². The number of hydrogen-bond acceptors (Lipinski definition) is 1. The van der Waals surface area contributed by atoms with E-state index in [4.69, 9.17) is 5.39 Å². The Hall–Kier alpha value is -1.07. The van der Waals surface area contributed by atoms with Gasteiger partial charge in [0.2, 0.25) is 5.39 Å². The van der Waals surface area contributed by atoms with Crippen LogP contribution in [0.2, 0.25) is 0 Å². The van der Waals surface area contributed by atoms with Crippen molar-refractivity contribution >= 4 is 18.1 Å². The van der Waals surface area contributed by atoms with Crippen molar-refractivity contribution in [2.75, 3.05) is 0 Å². The number of rotatable bonds is 0. The van der Waals surface area contributed by atoms with Crippen LogP contribution in [0.25, 0.3) is 4.98 Å². The average Bonchev–Trinajstić information content (AvgIpc) is 1.90. The zero-order valence-corrected chi connectivity index (χ0v) is 5.51. The first-order valence-electron chi connectivity index (χ1n) is 2.33. The molecule has 9 heavy (non-hydrogen) atoms. The summed E-state index contributed by atoms with van der Waals surface area (Å²) in [4.78, 5) is 2.97. The zero-order valence-electron chi connectivity index (χ0n) is 4.69. The van der Waals surface area contributed by atoms with E-state index in [-0.39, 0.29) is 12.4 Å². The van der Waals surface area contributed by atoms with Gasteiger partial charge in [-0.15, -0.1) is 12.4 Å². The van der Waals surface area contributed by atoms with E-state index in [2.05, 4.69) is 4.98 Å². The number of hydrogen-bond donors (Lipinski definition) is 0. The summed E-state index contributed by atoms with van der Waals surface area (Å²) in [6.07, 6.45) is 0. The zero-order chi connectivity index (χ0) is 5.82. The van der Waals surface area contributed by atoms with Crippen molar-refractivity contribution in [1.82, 2.24) is 0 Å². The largest absolute Gasteiger partial charge is 0.385 e. The van der Waals surface area contributed by atoms with Gasteiger partial charge in [0.15, 0.2) is 4.98 Å². The lowest BCUT2D eigenvalue weighted by Crippen LogP contribution is -1.54. The highest BCUT2D eigenvalue weighted by Crippen LogP contribution is 2.07. The van der Waals surface area contributed by atoms with Crippen molar-refractivity contribution < 1.29 is 0 Å². The Morgan fingerprint density at radius 1 is 1.11 bits per heavy atom. The highest BCUT2D eigenvalue weighted by atomic mass is 35.5. The third-order valence-corrected chi connectivity index (χ3v) is 0.872. The Morgan fingerprint density at radius 2 is 1.67 bits per heavy atom. The van der Waals surface area contributed by atoms with E-state index in [9.17, 15) is 0 Å². The van der Waals surface area contributed by atoms with Gasteiger partial charge in [-0.05, 0) is 0 Å². The molecule has 46 valence electrons. The highest BCUT2D eigenvalue weighted by Gasteiger charge is 1.95. The van der Waals surface area contributed by atoms with Crippen molar-refractivity contribution in [3.63, 3.8) is 0 Å². The molecule has 0 fully saturated rings. The van der Waals surface area contributed by atoms with E-state index < -0.39 is 0 Å². The number of benzene rings is 1. The fraction of sp³-hybridized carbons (Fsp3) is 0. The lowest BCUT2D eigenvalue weighted by Gasteiger charge is -1.69. The Kier molecular flexibility index (Phi) is 3.41. The maximum absolute atomic E-state index is 8.16. The summed E-state index contributed by atoms with van der Waals surface area (Å²) in [7, 11) is 0. The fourth-order valence-electron chi connectivity index (χ4n) is 0.495. The minimum Gasteiger partial charge on any atom is -0.147 e. The summed E-state index contributed by atoms with van der Waals surface area (Å²) in [6, 6.07) is 8.94. The van der Waals surface area contributed by atoms with Gasteiger partial charge in [-0.2, -0.15) is 0 Å². The van der Waals surface area contributed by atoms with Gasteiger partial charge in [-0.3, -0.25) is 0 Å². The predicted octanol–water partition coefficient (Wildman–Crippen LogP) is 2.59. The van der Waals surface area contributed by atoms with Crippen molar-refractivity contribution in [3.8, 4) is 0 Å². The van der Waals surface area contributed by atoms with E-state index >= 15 is 0 Å². The standard InChI is InChI=1S/C6H5N2.ClH/c7-8-6-4-2-1-3-5-6;/h1-5H;1H/q+1;. The van der Waals surface area contributed by atoms with Gasteiger partial charge in [-0.1, -0.05) is 18.2 Å². The van der Waals surface area contributed by atoms with Gasteiger partial charge in [0, 0.05) is 12.1 Å². The Balaban J connectivity index is 0.000000640. The van der Waals surface area contributed by atoms with Crippen molar-refractivity contribution in [2.45, 2.75) is 0 Å². The van der Waals surface area contributed by atoms with Gasteiger partial charge in [0.05, 0.1) is 0 Å². The summed E-state index contributed by atoms with van der Waals surface area (Å²) in [5, 5.41) is 8.16. The maximum Gasteiger partial charge on any atom is 0.385 e. The second-order valence-electron chi connectivity index (χ2n) is 1.44. The Bertz CT molecular complexity index is 202. The number of diazo groups is 1. The molecular weight excluding hydrogens is 136 g/mol. The molecule has 0 saturated carbocycles. The molecule has 0 aliphatic carbocycles. The molecule has 3 heteroatoms. The molecule has 0 saturated heterocycles. The first-order chi connectivity index (χ1) is 3.93. The fourth-order valence-corrected chi connectivity index (χ4v) is 0.495. The monoisotopic (exact) mass is 141 g/mol. The molecule has 2 nitrogen and oxygen atoms in total. The summed E-state index contributed by atoms with van der Waals surface area (Å²) in [5.41, 5.74) is 0.590. The minimum atomic E-state index is 0. The van der Waals surface area contributed by atoms with E-state index in [0.29, 0.717) is 5.69 Å². The van der Waals surface area contributed by atoms with E-state index in [1.54, 1.807) is 12.1 Å². The summed E-state index contributed by atoms with van der Waals surface area (Å²) < 4.78 is 0. The molecule has 0 atom stereocenters. The van der Waals surface area contributed by atoms with Gasteiger partial charge < -0.3 is 0 Å². The third-order valence-electron chi connectivity index (χ3n) is 0.872. The molecule has 0 spiro atoms. The van der Waals surface area contributed by atoms with E-state index in [1.807, 2.05) is 18.2 Å². The van der Waals surface area contributed by atoms with Crippen molar-refractivity contribution in [2.24, 2.45) is 0 Å². The molecule has 0 amide bonds. The molecule has 1 aromatic rings. The van der Waals surface area contributed by atoms with Gasteiger partial charge in [0.25, 0.3) is 0 Å². The molecule has 0 unspecified atom stereocenters. The summed E-state index contributed by atoms with van der Waals surface area (Å²) in [5.74, 6) is 0. The minimum absolute atomic E-state index is 0. The topological polar surface area (TPSA) is 28.1 Å². The molecule has 0 heterocycles. The second-order valence-corrected chi connectivity index (χ2v) is 1.44. The highest BCUT2D eigenvalue weighted by molar-refractivity contribution is 5.85. The smallest absolute Gasteiger partial charge is 0.147 e. The van der Waals surface area contributed by atoms with Crippen LogP contribution in [0.15, 0.2) is 30.3 Å². The molecule has 1 aromatic carbocycles. The molecule has 0 N–H and O–H groups in total. The van der Waals surface area contributed by atoms with Crippen LogP contribution in [0, 0.1) is 5.39 Å². The molecule has 0 aliphatic rings. The number of halogens is 1. The van der Waals surface area contributed by atoms with Crippen LogP contribution in [0.3, 0.4) is 0 Å². The normalized spacial score (nSPS) is 7.00.